The molecule has 3 nitrogen and oxygen atoms in total. The molecule has 0 spiro atoms. The third-order valence-electron chi connectivity index (χ3n) is 2.17. The second kappa shape index (κ2) is 6.18. The molecule has 0 aliphatic heterocycles. The Hall–Kier alpha value is -1.37. The van der Waals surface area contributed by atoms with Gasteiger partial charge in [0.15, 0.2) is 0 Å². The summed E-state index contributed by atoms with van der Waals surface area (Å²) in [5.74, 6) is 0.0334. The van der Waals surface area contributed by atoms with E-state index in [9.17, 15) is 0 Å². The minimum absolute atomic E-state index is 0.0334. The molecule has 15 heavy (non-hydrogen) atoms. The number of aliphatic hydroxyl groups is 1. The second-order valence-electron chi connectivity index (χ2n) is 3.64. The van der Waals surface area contributed by atoms with E-state index in [2.05, 4.69) is 11.4 Å². The zero-order chi connectivity index (χ0) is 11.1. The quantitative estimate of drug-likeness (QED) is 0.762. The maximum absolute atomic E-state index is 8.95. The summed E-state index contributed by atoms with van der Waals surface area (Å²) in [7, 11) is 0. The number of nitriles is 1. The van der Waals surface area contributed by atoms with E-state index in [1.807, 2.05) is 31.2 Å². The van der Waals surface area contributed by atoms with Crippen LogP contribution in [0.15, 0.2) is 24.3 Å². The average molecular weight is 204 g/mol. The van der Waals surface area contributed by atoms with Crippen molar-refractivity contribution in [1.82, 2.24) is 5.32 Å². The maximum Gasteiger partial charge on any atom is 0.0681 e. The number of nitrogens with one attached hydrogen (secondary N) is 1. The van der Waals surface area contributed by atoms with Crippen LogP contribution < -0.4 is 5.32 Å². The van der Waals surface area contributed by atoms with E-state index < -0.39 is 0 Å². The van der Waals surface area contributed by atoms with Crippen molar-refractivity contribution in [3.63, 3.8) is 0 Å². The van der Waals surface area contributed by atoms with Gasteiger partial charge in [-0.05, 0) is 18.1 Å². The molecule has 0 aliphatic carbocycles. The fourth-order valence-corrected chi connectivity index (χ4v) is 1.32. The zero-order valence-corrected chi connectivity index (χ0v) is 8.90. The van der Waals surface area contributed by atoms with E-state index in [0.717, 1.165) is 17.7 Å². The van der Waals surface area contributed by atoms with Gasteiger partial charge in [-0.3, -0.25) is 0 Å². The molecule has 1 aromatic carbocycles. The summed E-state index contributed by atoms with van der Waals surface area (Å²) in [5, 5.41) is 20.7. The predicted molar refractivity (Wildman–Crippen MR) is 58.8 cm³/mol. The van der Waals surface area contributed by atoms with E-state index in [0.29, 0.717) is 6.54 Å². The topological polar surface area (TPSA) is 56.0 Å². The molecular weight excluding hydrogens is 188 g/mol. The van der Waals surface area contributed by atoms with Gasteiger partial charge in [-0.2, -0.15) is 5.26 Å². The van der Waals surface area contributed by atoms with Gasteiger partial charge < -0.3 is 10.4 Å². The molecule has 0 aliphatic rings. The molecule has 1 unspecified atom stereocenters. The van der Waals surface area contributed by atoms with Crippen LogP contribution in [0.4, 0.5) is 0 Å². The molecule has 1 aromatic rings. The van der Waals surface area contributed by atoms with Crippen LogP contribution >= 0.6 is 0 Å². The molecule has 0 amide bonds. The van der Waals surface area contributed by atoms with Crippen LogP contribution in [0.1, 0.15) is 18.1 Å². The largest absolute Gasteiger partial charge is 0.392 e. The highest BCUT2D eigenvalue weighted by molar-refractivity contribution is 5.22. The Morgan fingerprint density at radius 2 is 2.20 bits per heavy atom. The lowest BCUT2D eigenvalue weighted by molar-refractivity contribution is 0.281. The molecule has 1 rings (SSSR count). The first-order valence-electron chi connectivity index (χ1n) is 5.05. The number of nitrogens with zero attached hydrogens (tertiary/aromatic N) is 1. The summed E-state index contributed by atoms with van der Waals surface area (Å²) in [6.45, 7) is 3.39. The van der Waals surface area contributed by atoms with Crippen LogP contribution in [0.5, 0.6) is 0 Å². The van der Waals surface area contributed by atoms with E-state index in [1.54, 1.807) is 0 Å². The Labute approximate surface area is 90.4 Å². The van der Waals surface area contributed by atoms with Crippen molar-refractivity contribution >= 4 is 0 Å². The monoisotopic (exact) mass is 204 g/mol. The molecule has 0 saturated carbocycles. The van der Waals surface area contributed by atoms with Crippen LogP contribution in [0.2, 0.25) is 0 Å². The molecular formula is C12H16N2O. The van der Waals surface area contributed by atoms with Crippen LogP contribution in [0, 0.1) is 17.2 Å². The van der Waals surface area contributed by atoms with Crippen LogP contribution in [-0.2, 0) is 13.2 Å². The predicted octanol–water partition coefficient (Wildman–Crippen LogP) is 1.43. The Balaban J connectivity index is 2.41. The third-order valence-corrected chi connectivity index (χ3v) is 2.17. The number of hydrogen-bond acceptors (Lipinski definition) is 3. The lowest BCUT2D eigenvalue weighted by Crippen LogP contribution is -2.19. The molecule has 0 fully saturated rings. The van der Waals surface area contributed by atoms with Gasteiger partial charge in [0.05, 0.1) is 18.6 Å². The first-order valence-corrected chi connectivity index (χ1v) is 5.05. The van der Waals surface area contributed by atoms with Crippen molar-refractivity contribution in [2.24, 2.45) is 5.92 Å². The van der Waals surface area contributed by atoms with Crippen molar-refractivity contribution in [2.45, 2.75) is 20.1 Å². The van der Waals surface area contributed by atoms with Crippen LogP contribution in [0.3, 0.4) is 0 Å². The van der Waals surface area contributed by atoms with Crippen LogP contribution in [0.25, 0.3) is 0 Å². The summed E-state index contributed by atoms with van der Waals surface area (Å²) in [6.07, 6.45) is 0. The Bertz CT molecular complexity index is 344. The Morgan fingerprint density at radius 3 is 2.87 bits per heavy atom. The molecule has 2 N–H and O–H groups in total. The highest BCUT2D eigenvalue weighted by Gasteiger charge is 1.99. The van der Waals surface area contributed by atoms with Gasteiger partial charge in [0.25, 0.3) is 0 Å². The molecule has 3 heteroatoms. The smallest absolute Gasteiger partial charge is 0.0681 e. The summed E-state index contributed by atoms with van der Waals surface area (Å²) < 4.78 is 0. The average Bonchev–Trinajstić information content (AvgIpc) is 2.29. The van der Waals surface area contributed by atoms with Crippen molar-refractivity contribution in [1.29, 1.82) is 5.26 Å². The first-order chi connectivity index (χ1) is 7.26. The van der Waals surface area contributed by atoms with E-state index in [4.69, 9.17) is 10.4 Å². The zero-order valence-electron chi connectivity index (χ0n) is 8.90. The second-order valence-corrected chi connectivity index (χ2v) is 3.64. The summed E-state index contributed by atoms with van der Waals surface area (Å²) in [4.78, 5) is 0. The van der Waals surface area contributed by atoms with E-state index >= 15 is 0 Å². The molecule has 0 aromatic heterocycles. The van der Waals surface area contributed by atoms with Crippen LogP contribution in [-0.4, -0.2) is 11.7 Å². The molecule has 0 heterocycles. The van der Waals surface area contributed by atoms with Crippen molar-refractivity contribution in [3.8, 4) is 6.07 Å². The SMILES string of the molecule is CC(C#N)CNCc1cccc(CO)c1. The van der Waals surface area contributed by atoms with Gasteiger partial charge in [0.2, 0.25) is 0 Å². The van der Waals surface area contributed by atoms with Gasteiger partial charge >= 0.3 is 0 Å². The summed E-state index contributed by atoms with van der Waals surface area (Å²) in [6, 6.07) is 9.95. The summed E-state index contributed by atoms with van der Waals surface area (Å²) in [5.41, 5.74) is 2.05. The highest BCUT2D eigenvalue weighted by Crippen LogP contribution is 2.04. The number of rotatable bonds is 5. The van der Waals surface area contributed by atoms with Gasteiger partial charge in [-0.25, -0.2) is 0 Å². The fraction of sp³-hybridized carbons (Fsp3) is 0.417. The number of benzene rings is 1. The third kappa shape index (κ3) is 4.11. The normalized spacial score (nSPS) is 12.1. The number of aliphatic hydroxyl groups excluding tert-OH is 1. The van der Waals surface area contributed by atoms with Crippen molar-refractivity contribution in [3.05, 3.63) is 35.4 Å². The Morgan fingerprint density at radius 1 is 1.47 bits per heavy atom. The Kier molecular flexibility index (Phi) is 4.82. The fourth-order valence-electron chi connectivity index (χ4n) is 1.32. The number of hydrogen-bond donors (Lipinski definition) is 2. The van der Waals surface area contributed by atoms with E-state index in [1.165, 1.54) is 0 Å². The van der Waals surface area contributed by atoms with Crippen molar-refractivity contribution < 1.29 is 5.11 Å². The van der Waals surface area contributed by atoms with Crippen molar-refractivity contribution in [2.75, 3.05) is 6.54 Å². The van der Waals surface area contributed by atoms with E-state index in [-0.39, 0.29) is 12.5 Å². The lowest BCUT2D eigenvalue weighted by atomic mass is 10.1. The highest BCUT2D eigenvalue weighted by atomic mass is 16.3. The molecule has 0 radical (unpaired) electrons. The summed E-state index contributed by atoms with van der Waals surface area (Å²) >= 11 is 0. The maximum atomic E-state index is 8.95. The minimum atomic E-state index is 0.0334. The van der Waals surface area contributed by atoms with Gasteiger partial charge in [0, 0.05) is 13.1 Å². The molecule has 0 saturated heterocycles. The van der Waals surface area contributed by atoms with Gasteiger partial charge in [0.1, 0.15) is 0 Å². The standard InChI is InChI=1S/C12H16N2O/c1-10(6-13)7-14-8-11-3-2-4-12(5-11)9-15/h2-5,10,14-15H,7-9H2,1H3. The molecule has 80 valence electrons. The first kappa shape index (κ1) is 11.7. The lowest BCUT2D eigenvalue weighted by Gasteiger charge is -2.06. The van der Waals surface area contributed by atoms with Gasteiger partial charge in [-0.1, -0.05) is 24.3 Å². The molecule has 0 bridgehead atoms. The minimum Gasteiger partial charge on any atom is -0.392 e. The molecule has 1 atom stereocenters. The van der Waals surface area contributed by atoms with Gasteiger partial charge in [-0.15, -0.1) is 0 Å².